The Morgan fingerprint density at radius 2 is 1.92 bits per heavy atom. The molecule has 1 amide bonds. The fourth-order valence-corrected chi connectivity index (χ4v) is 2.82. The van der Waals surface area contributed by atoms with Crippen LogP contribution in [0.2, 0.25) is 5.02 Å². The van der Waals surface area contributed by atoms with Gasteiger partial charge in [-0.15, -0.1) is 0 Å². The largest absolute Gasteiger partial charge is 0.339 e. The lowest BCUT2D eigenvalue weighted by Crippen LogP contribution is -2.31. The van der Waals surface area contributed by atoms with Gasteiger partial charge in [0.15, 0.2) is 0 Å². The van der Waals surface area contributed by atoms with Gasteiger partial charge >= 0.3 is 0 Å². The molecule has 3 rings (SSSR count). The quantitative estimate of drug-likeness (QED) is 0.702. The Kier molecular flexibility index (Phi) is 5.14. The molecule has 2 aromatic carbocycles. The molecule has 0 fully saturated rings. The summed E-state index contributed by atoms with van der Waals surface area (Å²) in [5.74, 6) is 0.0287. The van der Waals surface area contributed by atoms with E-state index in [1.165, 1.54) is 6.33 Å². The van der Waals surface area contributed by atoms with Gasteiger partial charge in [0, 0.05) is 12.1 Å². The Bertz CT molecular complexity index is 846. The fraction of sp³-hybridized carbons (Fsp3) is 0.211. The van der Waals surface area contributed by atoms with Crippen LogP contribution in [0.3, 0.4) is 0 Å². The molecule has 1 atom stereocenters. The zero-order valence-electron chi connectivity index (χ0n) is 14.1. The number of hydrogen-bond donors (Lipinski definition) is 0. The summed E-state index contributed by atoms with van der Waals surface area (Å²) in [4.78, 5) is 18.3. The normalized spacial score (nSPS) is 12.0. The summed E-state index contributed by atoms with van der Waals surface area (Å²) in [5.41, 5.74) is 2.83. The molecule has 1 heterocycles. The number of nitrogens with zero attached hydrogens (tertiary/aromatic N) is 4. The molecular weight excluding hydrogens is 336 g/mol. The number of rotatable bonds is 5. The number of likely N-dealkylation sites (N-methyl/N-ethyl adjacent to an activating group) is 1. The van der Waals surface area contributed by atoms with E-state index < -0.39 is 0 Å². The van der Waals surface area contributed by atoms with Gasteiger partial charge in [-0.3, -0.25) is 4.79 Å². The molecule has 6 heteroatoms. The molecule has 1 unspecified atom stereocenters. The zero-order valence-corrected chi connectivity index (χ0v) is 14.9. The second-order valence-electron chi connectivity index (χ2n) is 5.88. The molecule has 0 saturated heterocycles. The number of carbonyl (C=O) groups is 1. The number of halogens is 1. The van der Waals surface area contributed by atoms with Gasteiger partial charge in [-0.25, -0.2) is 9.67 Å². The van der Waals surface area contributed by atoms with Crippen molar-refractivity contribution in [2.24, 2.45) is 0 Å². The van der Waals surface area contributed by atoms with Crippen molar-refractivity contribution in [3.05, 3.63) is 77.3 Å². The van der Waals surface area contributed by atoms with Crippen LogP contribution in [-0.2, 0) is 11.2 Å². The van der Waals surface area contributed by atoms with Crippen LogP contribution in [0.15, 0.2) is 61.2 Å². The Labute approximate surface area is 151 Å². The molecule has 0 bridgehead atoms. The summed E-state index contributed by atoms with van der Waals surface area (Å²) < 4.78 is 1.70. The molecule has 1 aromatic heterocycles. The second-order valence-corrected chi connectivity index (χ2v) is 6.29. The van der Waals surface area contributed by atoms with E-state index in [0.29, 0.717) is 5.02 Å². The summed E-state index contributed by atoms with van der Waals surface area (Å²) >= 11 is 6.15. The fourth-order valence-electron chi connectivity index (χ4n) is 2.62. The van der Waals surface area contributed by atoms with Gasteiger partial charge in [0.05, 0.1) is 18.2 Å². The second kappa shape index (κ2) is 7.49. The van der Waals surface area contributed by atoms with E-state index in [4.69, 9.17) is 11.6 Å². The lowest BCUT2D eigenvalue weighted by atomic mass is 10.1. The third kappa shape index (κ3) is 3.88. The molecule has 0 radical (unpaired) electrons. The van der Waals surface area contributed by atoms with Crippen molar-refractivity contribution in [1.82, 2.24) is 19.7 Å². The van der Waals surface area contributed by atoms with Crippen LogP contribution in [0.5, 0.6) is 0 Å². The van der Waals surface area contributed by atoms with Gasteiger partial charge in [-0.1, -0.05) is 41.9 Å². The van der Waals surface area contributed by atoms with Gasteiger partial charge in [-0.2, -0.15) is 5.10 Å². The third-order valence-corrected chi connectivity index (χ3v) is 4.70. The van der Waals surface area contributed by atoms with E-state index in [1.54, 1.807) is 22.0 Å². The Morgan fingerprint density at radius 3 is 2.56 bits per heavy atom. The highest BCUT2D eigenvalue weighted by molar-refractivity contribution is 6.31. The highest BCUT2D eigenvalue weighted by Crippen LogP contribution is 2.22. The third-order valence-electron chi connectivity index (χ3n) is 4.33. The minimum absolute atomic E-state index is 0.0287. The van der Waals surface area contributed by atoms with Crippen LogP contribution in [0.25, 0.3) is 5.69 Å². The van der Waals surface area contributed by atoms with Crippen molar-refractivity contribution in [2.75, 3.05) is 7.05 Å². The molecule has 0 aliphatic rings. The van der Waals surface area contributed by atoms with Crippen LogP contribution in [0.4, 0.5) is 0 Å². The lowest BCUT2D eigenvalue weighted by Gasteiger charge is -2.26. The number of amides is 1. The van der Waals surface area contributed by atoms with Crippen molar-refractivity contribution >= 4 is 17.5 Å². The molecule has 0 N–H and O–H groups in total. The summed E-state index contributed by atoms with van der Waals surface area (Å²) in [6.07, 6.45) is 3.44. The van der Waals surface area contributed by atoms with Gasteiger partial charge < -0.3 is 4.90 Å². The molecule has 0 saturated carbocycles. The molecule has 0 aliphatic heterocycles. The van der Waals surface area contributed by atoms with Gasteiger partial charge in [0.2, 0.25) is 5.91 Å². The predicted molar refractivity (Wildman–Crippen MR) is 97.7 cm³/mol. The predicted octanol–water partition coefficient (Wildman–Crippen LogP) is 3.68. The standard InChI is InChI=1S/C19H19ClN4O/c1-14(15-7-9-17(10-8-15)24-13-21-12-22-24)23(2)19(25)11-16-5-3-4-6-18(16)20/h3-10,12-14H,11H2,1-2H3. The Hall–Kier alpha value is -2.66. The first kappa shape index (κ1) is 17.2. The maximum absolute atomic E-state index is 12.6. The van der Waals surface area contributed by atoms with E-state index in [-0.39, 0.29) is 18.4 Å². The number of hydrogen-bond acceptors (Lipinski definition) is 3. The van der Waals surface area contributed by atoms with Crippen molar-refractivity contribution in [1.29, 1.82) is 0 Å². The molecule has 128 valence electrons. The maximum Gasteiger partial charge on any atom is 0.227 e. The van der Waals surface area contributed by atoms with E-state index >= 15 is 0 Å². The smallest absolute Gasteiger partial charge is 0.227 e. The number of carbonyl (C=O) groups excluding carboxylic acids is 1. The van der Waals surface area contributed by atoms with Crippen molar-refractivity contribution in [3.8, 4) is 5.69 Å². The number of benzene rings is 2. The molecule has 5 nitrogen and oxygen atoms in total. The van der Waals surface area contributed by atoms with Crippen LogP contribution < -0.4 is 0 Å². The average Bonchev–Trinajstić information content (AvgIpc) is 3.17. The van der Waals surface area contributed by atoms with Crippen molar-refractivity contribution in [3.63, 3.8) is 0 Å². The highest BCUT2D eigenvalue weighted by Gasteiger charge is 2.18. The molecule has 25 heavy (non-hydrogen) atoms. The van der Waals surface area contributed by atoms with E-state index in [1.807, 2.05) is 56.4 Å². The average molecular weight is 355 g/mol. The maximum atomic E-state index is 12.6. The monoisotopic (exact) mass is 354 g/mol. The van der Waals surface area contributed by atoms with Crippen LogP contribution in [0, 0.1) is 0 Å². The van der Waals surface area contributed by atoms with Crippen LogP contribution >= 0.6 is 11.6 Å². The summed E-state index contributed by atoms with van der Waals surface area (Å²) in [6.45, 7) is 2.01. The first-order valence-corrected chi connectivity index (χ1v) is 8.38. The van der Waals surface area contributed by atoms with E-state index in [2.05, 4.69) is 10.1 Å². The molecule has 0 spiro atoms. The SMILES string of the molecule is CC(c1ccc(-n2cncn2)cc1)N(C)C(=O)Cc1ccccc1Cl. The minimum Gasteiger partial charge on any atom is -0.339 e. The molecule has 0 aliphatic carbocycles. The lowest BCUT2D eigenvalue weighted by molar-refractivity contribution is -0.131. The highest BCUT2D eigenvalue weighted by atomic mass is 35.5. The molecular formula is C19H19ClN4O. The Morgan fingerprint density at radius 1 is 1.20 bits per heavy atom. The first-order chi connectivity index (χ1) is 12.1. The molecule has 3 aromatic rings. The van der Waals surface area contributed by atoms with Gasteiger partial charge in [0.25, 0.3) is 0 Å². The van der Waals surface area contributed by atoms with Gasteiger partial charge in [-0.05, 0) is 36.2 Å². The van der Waals surface area contributed by atoms with E-state index in [9.17, 15) is 4.79 Å². The number of aromatic nitrogens is 3. The van der Waals surface area contributed by atoms with E-state index in [0.717, 1.165) is 16.8 Å². The summed E-state index contributed by atoms with van der Waals surface area (Å²) in [7, 11) is 1.81. The summed E-state index contributed by atoms with van der Waals surface area (Å²) in [5, 5.41) is 4.73. The van der Waals surface area contributed by atoms with Crippen LogP contribution in [0.1, 0.15) is 24.1 Å². The Balaban J connectivity index is 1.70. The van der Waals surface area contributed by atoms with Crippen LogP contribution in [-0.4, -0.2) is 32.6 Å². The topological polar surface area (TPSA) is 51.0 Å². The van der Waals surface area contributed by atoms with Gasteiger partial charge in [0.1, 0.15) is 12.7 Å². The minimum atomic E-state index is -0.0419. The summed E-state index contributed by atoms with van der Waals surface area (Å²) in [6, 6.07) is 15.3. The van der Waals surface area contributed by atoms with Crippen molar-refractivity contribution < 1.29 is 4.79 Å². The van der Waals surface area contributed by atoms with Crippen molar-refractivity contribution in [2.45, 2.75) is 19.4 Å². The first-order valence-electron chi connectivity index (χ1n) is 8.00. The zero-order chi connectivity index (χ0) is 17.8.